The monoisotopic (exact) mass is 288 g/mol. The SMILES string of the molecule is CC1NCCN(S(=O)(=O)c2cccc(Cl)c2)C1C. The molecule has 4 nitrogen and oxygen atoms in total. The van der Waals surface area contributed by atoms with Gasteiger partial charge in [-0.15, -0.1) is 0 Å². The molecule has 2 rings (SSSR count). The van der Waals surface area contributed by atoms with Crippen molar-refractivity contribution in [1.29, 1.82) is 0 Å². The van der Waals surface area contributed by atoms with Crippen LogP contribution < -0.4 is 5.32 Å². The van der Waals surface area contributed by atoms with E-state index < -0.39 is 10.0 Å². The van der Waals surface area contributed by atoms with E-state index in [1.165, 1.54) is 6.07 Å². The molecule has 1 N–H and O–H groups in total. The number of hydrogen-bond acceptors (Lipinski definition) is 3. The zero-order valence-corrected chi connectivity index (χ0v) is 12.0. The van der Waals surface area contributed by atoms with Crippen LogP contribution in [0.1, 0.15) is 13.8 Å². The highest BCUT2D eigenvalue weighted by Crippen LogP contribution is 2.23. The van der Waals surface area contributed by atoms with Gasteiger partial charge >= 0.3 is 0 Å². The van der Waals surface area contributed by atoms with Gasteiger partial charge in [0.25, 0.3) is 0 Å². The first-order valence-corrected chi connectivity index (χ1v) is 7.75. The molecule has 0 amide bonds. The van der Waals surface area contributed by atoms with Crippen LogP contribution in [0, 0.1) is 0 Å². The van der Waals surface area contributed by atoms with E-state index in [0.717, 1.165) is 0 Å². The molecule has 0 radical (unpaired) electrons. The predicted octanol–water partition coefficient (Wildman–Crippen LogP) is 1.71. The molecule has 6 heteroatoms. The molecule has 100 valence electrons. The van der Waals surface area contributed by atoms with E-state index in [2.05, 4.69) is 5.32 Å². The molecule has 1 aromatic rings. The molecule has 2 atom stereocenters. The first kappa shape index (κ1) is 13.8. The molecule has 0 spiro atoms. The van der Waals surface area contributed by atoms with Gasteiger partial charge in [0.15, 0.2) is 0 Å². The average Bonchev–Trinajstić information content (AvgIpc) is 2.32. The lowest BCUT2D eigenvalue weighted by Crippen LogP contribution is -2.57. The molecule has 0 aromatic heterocycles. The van der Waals surface area contributed by atoms with Gasteiger partial charge in [0, 0.05) is 30.2 Å². The topological polar surface area (TPSA) is 49.4 Å². The number of sulfonamides is 1. The van der Waals surface area contributed by atoms with E-state index in [0.29, 0.717) is 18.1 Å². The van der Waals surface area contributed by atoms with Gasteiger partial charge in [0.05, 0.1) is 4.90 Å². The maximum atomic E-state index is 12.5. The third-order valence-electron chi connectivity index (χ3n) is 3.38. The van der Waals surface area contributed by atoms with Gasteiger partial charge in [0.2, 0.25) is 10.0 Å². The second kappa shape index (κ2) is 5.17. The molecule has 0 aliphatic carbocycles. The highest BCUT2D eigenvalue weighted by atomic mass is 35.5. The summed E-state index contributed by atoms with van der Waals surface area (Å²) in [5, 5.41) is 3.70. The second-order valence-electron chi connectivity index (χ2n) is 4.56. The molecular formula is C12H17ClN2O2S. The number of benzene rings is 1. The molecule has 1 saturated heterocycles. The second-order valence-corrected chi connectivity index (χ2v) is 6.88. The van der Waals surface area contributed by atoms with Crippen LogP contribution in [0.15, 0.2) is 29.2 Å². The van der Waals surface area contributed by atoms with E-state index in [9.17, 15) is 8.42 Å². The fourth-order valence-electron chi connectivity index (χ4n) is 2.13. The summed E-state index contributed by atoms with van der Waals surface area (Å²) in [4.78, 5) is 0.260. The lowest BCUT2D eigenvalue weighted by Gasteiger charge is -2.37. The lowest BCUT2D eigenvalue weighted by molar-refractivity contribution is 0.233. The van der Waals surface area contributed by atoms with E-state index in [4.69, 9.17) is 11.6 Å². The highest BCUT2D eigenvalue weighted by molar-refractivity contribution is 7.89. The molecule has 0 saturated carbocycles. The Balaban J connectivity index is 2.36. The minimum Gasteiger partial charge on any atom is -0.311 e. The van der Waals surface area contributed by atoms with Crippen LogP contribution in [0.3, 0.4) is 0 Å². The standard InChI is InChI=1S/C12H17ClN2O2S/c1-9-10(2)15(7-6-14-9)18(16,17)12-5-3-4-11(13)8-12/h3-5,8-10,14H,6-7H2,1-2H3. The number of nitrogens with one attached hydrogen (secondary N) is 1. The van der Waals surface area contributed by atoms with Gasteiger partial charge < -0.3 is 5.32 Å². The quantitative estimate of drug-likeness (QED) is 0.901. The fourth-order valence-corrected chi connectivity index (χ4v) is 4.13. The number of hydrogen-bond donors (Lipinski definition) is 1. The van der Waals surface area contributed by atoms with Crippen molar-refractivity contribution >= 4 is 21.6 Å². The summed E-state index contributed by atoms with van der Waals surface area (Å²) in [6, 6.07) is 6.49. The Morgan fingerprint density at radius 3 is 2.78 bits per heavy atom. The maximum absolute atomic E-state index is 12.5. The van der Waals surface area contributed by atoms with E-state index in [-0.39, 0.29) is 17.0 Å². The molecule has 0 bridgehead atoms. The van der Waals surface area contributed by atoms with Crippen molar-refractivity contribution in [3.05, 3.63) is 29.3 Å². The lowest BCUT2D eigenvalue weighted by atomic mass is 10.1. The minimum absolute atomic E-state index is 0.0669. The molecule has 1 aliphatic rings. The summed E-state index contributed by atoms with van der Waals surface area (Å²) in [5.74, 6) is 0. The van der Waals surface area contributed by atoms with E-state index in [1.54, 1.807) is 22.5 Å². The summed E-state index contributed by atoms with van der Waals surface area (Å²) in [6.45, 7) is 5.06. The zero-order chi connectivity index (χ0) is 13.3. The summed E-state index contributed by atoms with van der Waals surface area (Å²) >= 11 is 5.86. The van der Waals surface area contributed by atoms with Gasteiger partial charge in [-0.3, -0.25) is 0 Å². The highest BCUT2D eigenvalue weighted by Gasteiger charge is 2.34. The van der Waals surface area contributed by atoms with Gasteiger partial charge in [0.1, 0.15) is 0 Å². The summed E-state index contributed by atoms with van der Waals surface area (Å²) in [5.41, 5.74) is 0. The Bertz CT molecular complexity index is 533. The molecule has 1 heterocycles. The molecule has 1 fully saturated rings. The zero-order valence-electron chi connectivity index (χ0n) is 10.4. The van der Waals surface area contributed by atoms with Crippen LogP contribution in [0.2, 0.25) is 5.02 Å². The molecule has 1 aliphatic heterocycles. The Labute approximate surface area is 113 Å². The number of rotatable bonds is 2. The number of nitrogens with zero attached hydrogens (tertiary/aromatic N) is 1. The molecule has 18 heavy (non-hydrogen) atoms. The van der Waals surface area contributed by atoms with Crippen molar-refractivity contribution in [2.45, 2.75) is 30.8 Å². The van der Waals surface area contributed by atoms with Crippen LogP contribution in [0.25, 0.3) is 0 Å². The van der Waals surface area contributed by atoms with Crippen molar-refractivity contribution < 1.29 is 8.42 Å². The van der Waals surface area contributed by atoms with Crippen molar-refractivity contribution in [3.63, 3.8) is 0 Å². The van der Waals surface area contributed by atoms with Gasteiger partial charge in [-0.1, -0.05) is 17.7 Å². The van der Waals surface area contributed by atoms with Crippen LogP contribution in [-0.2, 0) is 10.0 Å². The first-order chi connectivity index (χ1) is 8.43. The normalized spacial score (nSPS) is 26.2. The third kappa shape index (κ3) is 2.54. The predicted molar refractivity (Wildman–Crippen MR) is 72.3 cm³/mol. The molecular weight excluding hydrogens is 272 g/mol. The Morgan fingerprint density at radius 2 is 2.11 bits per heavy atom. The number of halogens is 1. The largest absolute Gasteiger partial charge is 0.311 e. The average molecular weight is 289 g/mol. The Hall–Kier alpha value is -0.620. The van der Waals surface area contributed by atoms with Gasteiger partial charge in [-0.2, -0.15) is 4.31 Å². The van der Waals surface area contributed by atoms with Crippen LogP contribution in [-0.4, -0.2) is 37.9 Å². The van der Waals surface area contributed by atoms with Crippen molar-refractivity contribution in [2.75, 3.05) is 13.1 Å². The molecule has 2 unspecified atom stereocenters. The minimum atomic E-state index is -3.46. The summed E-state index contributed by atoms with van der Waals surface area (Å²) in [6.07, 6.45) is 0. The van der Waals surface area contributed by atoms with Crippen molar-refractivity contribution in [3.8, 4) is 0 Å². The van der Waals surface area contributed by atoms with Gasteiger partial charge in [-0.05, 0) is 32.0 Å². The fraction of sp³-hybridized carbons (Fsp3) is 0.500. The third-order valence-corrected chi connectivity index (χ3v) is 5.60. The summed E-state index contributed by atoms with van der Waals surface area (Å²) in [7, 11) is -3.46. The summed E-state index contributed by atoms with van der Waals surface area (Å²) < 4.78 is 26.6. The Morgan fingerprint density at radius 1 is 1.39 bits per heavy atom. The number of piperazine rings is 1. The van der Waals surface area contributed by atoms with E-state index in [1.807, 2.05) is 13.8 Å². The molecule has 1 aromatic carbocycles. The first-order valence-electron chi connectivity index (χ1n) is 5.94. The van der Waals surface area contributed by atoms with Crippen LogP contribution in [0.5, 0.6) is 0 Å². The van der Waals surface area contributed by atoms with Crippen molar-refractivity contribution in [2.24, 2.45) is 0 Å². The maximum Gasteiger partial charge on any atom is 0.243 e. The van der Waals surface area contributed by atoms with Gasteiger partial charge in [-0.25, -0.2) is 8.42 Å². The Kier molecular flexibility index (Phi) is 3.96. The van der Waals surface area contributed by atoms with Crippen LogP contribution in [0.4, 0.5) is 0 Å². The van der Waals surface area contributed by atoms with Crippen LogP contribution >= 0.6 is 11.6 Å². The van der Waals surface area contributed by atoms with Crippen molar-refractivity contribution in [1.82, 2.24) is 9.62 Å². The van der Waals surface area contributed by atoms with E-state index >= 15 is 0 Å². The smallest absolute Gasteiger partial charge is 0.243 e.